The third kappa shape index (κ3) is 3.82. The lowest BCUT2D eigenvalue weighted by molar-refractivity contribution is 0.0948. The second-order valence-corrected chi connectivity index (χ2v) is 6.06. The van der Waals surface area contributed by atoms with Gasteiger partial charge >= 0.3 is 0 Å². The molecule has 6 nitrogen and oxygen atoms in total. The molecule has 3 rings (SSSR count). The van der Waals surface area contributed by atoms with Gasteiger partial charge in [0.1, 0.15) is 11.7 Å². The van der Waals surface area contributed by atoms with Gasteiger partial charge in [-0.05, 0) is 50.8 Å². The van der Waals surface area contributed by atoms with Gasteiger partial charge in [0.2, 0.25) is 5.88 Å². The Kier molecular flexibility index (Phi) is 4.93. The molecule has 24 heavy (non-hydrogen) atoms. The number of aromatic nitrogens is 2. The van der Waals surface area contributed by atoms with E-state index in [-0.39, 0.29) is 23.8 Å². The van der Waals surface area contributed by atoms with Gasteiger partial charge in [-0.3, -0.25) is 9.59 Å². The summed E-state index contributed by atoms with van der Waals surface area (Å²) in [4.78, 5) is 31.0. The number of ether oxygens (including phenoxy) is 1. The summed E-state index contributed by atoms with van der Waals surface area (Å²) in [5, 5.41) is 2.76. The van der Waals surface area contributed by atoms with Gasteiger partial charge < -0.3 is 15.0 Å². The van der Waals surface area contributed by atoms with Crippen LogP contribution < -0.4 is 15.6 Å². The Labute approximate surface area is 140 Å². The van der Waals surface area contributed by atoms with E-state index in [1.165, 1.54) is 18.9 Å². The number of hydrogen-bond donors (Lipinski definition) is 2. The van der Waals surface area contributed by atoms with Gasteiger partial charge in [0.05, 0.1) is 0 Å². The van der Waals surface area contributed by atoms with Gasteiger partial charge in [0.25, 0.3) is 11.5 Å². The zero-order chi connectivity index (χ0) is 16.9. The molecule has 0 aliphatic heterocycles. The number of rotatable bonds is 5. The molecule has 2 aromatic heterocycles. The standard InChI is InChI=1S/C18H21N3O3/c1-12-8-9-15(17(23)21-12)16(22)20-11-13-5-4-10-19-18(13)24-14-6-2-3-7-14/h4-5,8-10,14H,2-3,6-7,11H2,1H3,(H,20,22)(H,21,23). The van der Waals surface area contributed by atoms with Crippen molar-refractivity contribution >= 4 is 5.91 Å². The maximum absolute atomic E-state index is 12.2. The Morgan fingerprint density at radius 2 is 2.12 bits per heavy atom. The third-order valence-corrected chi connectivity index (χ3v) is 4.17. The van der Waals surface area contributed by atoms with Crippen molar-refractivity contribution < 1.29 is 9.53 Å². The quantitative estimate of drug-likeness (QED) is 0.883. The van der Waals surface area contributed by atoms with E-state index >= 15 is 0 Å². The highest BCUT2D eigenvalue weighted by molar-refractivity contribution is 5.93. The number of aromatic amines is 1. The van der Waals surface area contributed by atoms with Crippen LogP contribution in [-0.4, -0.2) is 22.0 Å². The van der Waals surface area contributed by atoms with Crippen molar-refractivity contribution in [1.82, 2.24) is 15.3 Å². The minimum atomic E-state index is -0.410. The first kappa shape index (κ1) is 16.2. The Morgan fingerprint density at radius 1 is 1.33 bits per heavy atom. The second kappa shape index (κ2) is 7.29. The summed E-state index contributed by atoms with van der Waals surface area (Å²) in [6.07, 6.45) is 6.33. The number of nitrogens with zero attached hydrogens (tertiary/aromatic N) is 1. The molecule has 0 atom stereocenters. The van der Waals surface area contributed by atoms with E-state index < -0.39 is 5.91 Å². The van der Waals surface area contributed by atoms with Gasteiger partial charge in [-0.25, -0.2) is 4.98 Å². The van der Waals surface area contributed by atoms with Gasteiger partial charge in [-0.2, -0.15) is 0 Å². The number of hydrogen-bond acceptors (Lipinski definition) is 4. The molecule has 1 amide bonds. The topological polar surface area (TPSA) is 84.1 Å². The van der Waals surface area contributed by atoms with Crippen LogP contribution in [0.15, 0.2) is 35.3 Å². The molecule has 0 aromatic carbocycles. The fraction of sp³-hybridized carbons (Fsp3) is 0.389. The number of nitrogens with one attached hydrogen (secondary N) is 2. The van der Waals surface area contributed by atoms with Crippen molar-refractivity contribution in [2.24, 2.45) is 0 Å². The van der Waals surface area contributed by atoms with Crippen molar-refractivity contribution in [2.75, 3.05) is 0 Å². The molecule has 0 bridgehead atoms. The molecule has 0 unspecified atom stereocenters. The zero-order valence-electron chi connectivity index (χ0n) is 13.7. The number of amides is 1. The Bertz CT molecular complexity index is 779. The molecule has 0 spiro atoms. The lowest BCUT2D eigenvalue weighted by atomic mass is 10.2. The summed E-state index contributed by atoms with van der Waals surface area (Å²) in [6.45, 7) is 2.04. The predicted octanol–water partition coefficient (Wildman–Crippen LogP) is 2.33. The normalized spacial score (nSPS) is 14.5. The molecule has 2 N–H and O–H groups in total. The molecule has 0 saturated heterocycles. The highest BCUT2D eigenvalue weighted by Gasteiger charge is 2.19. The lowest BCUT2D eigenvalue weighted by Crippen LogP contribution is -2.29. The number of aryl methyl sites for hydroxylation is 1. The van der Waals surface area contributed by atoms with Crippen molar-refractivity contribution in [3.05, 3.63) is 57.6 Å². The van der Waals surface area contributed by atoms with Gasteiger partial charge in [0, 0.05) is 24.0 Å². The molecular weight excluding hydrogens is 306 g/mol. The maximum atomic E-state index is 12.2. The SMILES string of the molecule is Cc1ccc(C(=O)NCc2cccnc2OC2CCCC2)c(=O)[nH]1. The van der Waals surface area contributed by atoms with E-state index in [1.54, 1.807) is 19.2 Å². The molecule has 2 heterocycles. The molecule has 0 radical (unpaired) electrons. The van der Waals surface area contributed by atoms with E-state index in [0.29, 0.717) is 5.88 Å². The van der Waals surface area contributed by atoms with Gasteiger partial charge in [-0.15, -0.1) is 0 Å². The molecule has 6 heteroatoms. The first-order chi connectivity index (χ1) is 11.6. The maximum Gasteiger partial charge on any atom is 0.260 e. The van der Waals surface area contributed by atoms with Crippen LogP contribution in [0.5, 0.6) is 5.88 Å². The van der Waals surface area contributed by atoms with E-state index in [0.717, 1.165) is 24.1 Å². The molecular formula is C18H21N3O3. The van der Waals surface area contributed by atoms with Crippen molar-refractivity contribution in [1.29, 1.82) is 0 Å². The summed E-state index contributed by atoms with van der Waals surface area (Å²) in [6, 6.07) is 6.91. The van der Waals surface area contributed by atoms with Crippen LogP contribution >= 0.6 is 0 Å². The molecule has 1 saturated carbocycles. The van der Waals surface area contributed by atoms with E-state index in [1.807, 2.05) is 12.1 Å². The first-order valence-corrected chi connectivity index (χ1v) is 8.22. The van der Waals surface area contributed by atoms with E-state index in [2.05, 4.69) is 15.3 Å². The fourth-order valence-electron chi connectivity index (χ4n) is 2.85. The summed E-state index contributed by atoms with van der Waals surface area (Å²) in [7, 11) is 0. The Morgan fingerprint density at radius 3 is 2.88 bits per heavy atom. The number of H-pyrrole nitrogens is 1. The summed E-state index contributed by atoms with van der Waals surface area (Å²) >= 11 is 0. The van der Waals surface area contributed by atoms with Crippen molar-refractivity contribution in [3.63, 3.8) is 0 Å². The monoisotopic (exact) mass is 327 g/mol. The smallest absolute Gasteiger partial charge is 0.260 e. The third-order valence-electron chi connectivity index (χ3n) is 4.17. The molecule has 1 fully saturated rings. The summed E-state index contributed by atoms with van der Waals surface area (Å²) in [5.74, 6) is 0.148. The van der Waals surface area contributed by atoms with Crippen LogP contribution in [0.1, 0.15) is 47.3 Å². The number of pyridine rings is 2. The summed E-state index contributed by atoms with van der Waals surface area (Å²) in [5.41, 5.74) is 1.24. The van der Waals surface area contributed by atoms with Crippen LogP contribution in [0, 0.1) is 6.92 Å². The van der Waals surface area contributed by atoms with Crippen molar-refractivity contribution in [3.8, 4) is 5.88 Å². The average Bonchev–Trinajstić information content (AvgIpc) is 3.07. The Balaban J connectivity index is 1.67. The van der Waals surface area contributed by atoms with Gasteiger partial charge in [-0.1, -0.05) is 6.07 Å². The lowest BCUT2D eigenvalue weighted by Gasteiger charge is -2.15. The molecule has 1 aliphatic rings. The van der Waals surface area contributed by atoms with Crippen LogP contribution in [0.25, 0.3) is 0 Å². The van der Waals surface area contributed by atoms with Crippen LogP contribution in [0.2, 0.25) is 0 Å². The predicted molar refractivity (Wildman–Crippen MR) is 90.1 cm³/mol. The largest absolute Gasteiger partial charge is 0.474 e. The Hall–Kier alpha value is -2.63. The van der Waals surface area contributed by atoms with Crippen molar-refractivity contribution in [2.45, 2.75) is 45.3 Å². The van der Waals surface area contributed by atoms with Crippen LogP contribution in [-0.2, 0) is 6.54 Å². The fourth-order valence-corrected chi connectivity index (χ4v) is 2.85. The van der Waals surface area contributed by atoms with Crippen LogP contribution in [0.4, 0.5) is 0 Å². The zero-order valence-corrected chi connectivity index (χ0v) is 13.7. The number of carbonyl (C=O) groups excluding carboxylic acids is 1. The van der Waals surface area contributed by atoms with Crippen LogP contribution in [0.3, 0.4) is 0 Å². The highest BCUT2D eigenvalue weighted by Crippen LogP contribution is 2.24. The second-order valence-electron chi connectivity index (χ2n) is 6.06. The minimum absolute atomic E-state index is 0.0998. The molecule has 1 aliphatic carbocycles. The molecule has 126 valence electrons. The van der Waals surface area contributed by atoms with E-state index in [9.17, 15) is 9.59 Å². The first-order valence-electron chi connectivity index (χ1n) is 8.22. The average molecular weight is 327 g/mol. The van der Waals surface area contributed by atoms with Gasteiger partial charge in [0.15, 0.2) is 0 Å². The minimum Gasteiger partial charge on any atom is -0.474 e. The summed E-state index contributed by atoms with van der Waals surface area (Å²) < 4.78 is 5.95. The van der Waals surface area contributed by atoms with E-state index in [4.69, 9.17) is 4.74 Å². The number of carbonyl (C=O) groups is 1. The highest BCUT2D eigenvalue weighted by atomic mass is 16.5. The molecule has 2 aromatic rings.